The molecule has 4 nitrogen and oxygen atoms in total. The number of carboxylic acids is 1. The Morgan fingerprint density at radius 3 is 2.84 bits per heavy atom. The third-order valence-electron chi connectivity index (χ3n) is 2.94. The molecule has 0 aliphatic carbocycles. The van der Waals surface area contributed by atoms with Gasteiger partial charge in [-0.05, 0) is 30.5 Å². The van der Waals surface area contributed by atoms with Crippen molar-refractivity contribution >= 4 is 5.97 Å². The van der Waals surface area contributed by atoms with E-state index >= 15 is 0 Å². The molecule has 0 saturated carbocycles. The van der Waals surface area contributed by atoms with Crippen molar-refractivity contribution in [2.24, 2.45) is 5.73 Å². The van der Waals surface area contributed by atoms with E-state index in [1.165, 1.54) is 19.3 Å². The Morgan fingerprint density at radius 2 is 2.16 bits per heavy atom. The van der Waals surface area contributed by atoms with E-state index < -0.39 is 12.0 Å². The lowest BCUT2D eigenvalue weighted by atomic mass is 10.1. The Morgan fingerprint density at radius 1 is 1.37 bits per heavy atom. The molecule has 0 aliphatic rings. The van der Waals surface area contributed by atoms with Gasteiger partial charge in [-0.25, -0.2) is 0 Å². The van der Waals surface area contributed by atoms with E-state index in [2.05, 4.69) is 6.92 Å². The van der Waals surface area contributed by atoms with Crippen LogP contribution >= 0.6 is 0 Å². The minimum absolute atomic E-state index is 0.322. The number of nitrogens with two attached hydrogens (primary N) is 1. The molecule has 1 aromatic rings. The van der Waals surface area contributed by atoms with Crippen LogP contribution in [-0.2, 0) is 11.2 Å². The second kappa shape index (κ2) is 8.53. The summed E-state index contributed by atoms with van der Waals surface area (Å²) in [6.45, 7) is 2.88. The Balaban J connectivity index is 2.41. The van der Waals surface area contributed by atoms with Crippen molar-refractivity contribution in [1.29, 1.82) is 0 Å². The van der Waals surface area contributed by atoms with Crippen LogP contribution in [0.2, 0.25) is 0 Å². The zero-order valence-corrected chi connectivity index (χ0v) is 11.5. The molecule has 0 aliphatic heterocycles. The highest BCUT2D eigenvalue weighted by molar-refractivity contribution is 5.73. The molecule has 0 spiro atoms. The number of carbonyl (C=O) groups is 1. The van der Waals surface area contributed by atoms with Crippen molar-refractivity contribution in [3.63, 3.8) is 0 Å². The molecular weight excluding hydrogens is 242 g/mol. The van der Waals surface area contributed by atoms with Crippen molar-refractivity contribution in [3.05, 3.63) is 29.8 Å². The van der Waals surface area contributed by atoms with Crippen LogP contribution in [0.25, 0.3) is 0 Å². The molecule has 1 rings (SSSR count). The Kier molecular flexibility index (Phi) is 6.97. The van der Waals surface area contributed by atoms with Gasteiger partial charge in [0.05, 0.1) is 6.61 Å². The van der Waals surface area contributed by atoms with Gasteiger partial charge in [0, 0.05) is 0 Å². The Labute approximate surface area is 114 Å². The molecule has 0 heterocycles. The van der Waals surface area contributed by atoms with E-state index in [1.54, 1.807) is 0 Å². The summed E-state index contributed by atoms with van der Waals surface area (Å²) in [5.74, 6) is -0.197. The number of carboxylic acid groups (broad SMARTS) is 1. The molecule has 4 heteroatoms. The van der Waals surface area contributed by atoms with Crippen molar-refractivity contribution in [3.8, 4) is 5.75 Å². The van der Waals surface area contributed by atoms with Gasteiger partial charge in [0.15, 0.2) is 0 Å². The van der Waals surface area contributed by atoms with Crippen LogP contribution in [-0.4, -0.2) is 23.7 Å². The lowest BCUT2D eigenvalue weighted by molar-refractivity contribution is -0.138. The first kappa shape index (κ1) is 15.5. The molecular formula is C15H23NO3. The van der Waals surface area contributed by atoms with Crippen LogP contribution in [0.4, 0.5) is 0 Å². The molecule has 0 fully saturated rings. The number of rotatable bonds is 9. The first-order chi connectivity index (χ1) is 9.13. The predicted molar refractivity (Wildman–Crippen MR) is 75.4 cm³/mol. The summed E-state index contributed by atoms with van der Waals surface area (Å²) in [5, 5.41) is 8.78. The summed E-state index contributed by atoms with van der Waals surface area (Å²) in [7, 11) is 0. The van der Waals surface area contributed by atoms with Gasteiger partial charge in [-0.15, -0.1) is 0 Å². The van der Waals surface area contributed by atoms with E-state index in [0.717, 1.165) is 17.7 Å². The van der Waals surface area contributed by atoms with Crippen LogP contribution < -0.4 is 10.5 Å². The van der Waals surface area contributed by atoms with Gasteiger partial charge in [-0.1, -0.05) is 38.3 Å². The maximum Gasteiger partial charge on any atom is 0.320 e. The van der Waals surface area contributed by atoms with Gasteiger partial charge in [-0.3, -0.25) is 4.79 Å². The van der Waals surface area contributed by atoms with Gasteiger partial charge in [0.2, 0.25) is 0 Å². The van der Waals surface area contributed by atoms with E-state index in [0.29, 0.717) is 13.0 Å². The number of hydrogen-bond acceptors (Lipinski definition) is 3. The van der Waals surface area contributed by atoms with Gasteiger partial charge < -0.3 is 15.6 Å². The number of aliphatic carboxylic acids is 1. The highest BCUT2D eigenvalue weighted by Crippen LogP contribution is 2.15. The lowest BCUT2D eigenvalue weighted by Crippen LogP contribution is -2.32. The highest BCUT2D eigenvalue weighted by atomic mass is 16.5. The van der Waals surface area contributed by atoms with Crippen LogP contribution in [0, 0.1) is 0 Å². The molecule has 1 aromatic carbocycles. The van der Waals surface area contributed by atoms with E-state index in [4.69, 9.17) is 15.6 Å². The zero-order valence-electron chi connectivity index (χ0n) is 11.5. The molecule has 0 radical (unpaired) electrons. The normalized spacial score (nSPS) is 12.1. The number of hydrogen-bond donors (Lipinski definition) is 2. The van der Waals surface area contributed by atoms with Gasteiger partial charge in [0.1, 0.15) is 11.8 Å². The molecule has 0 saturated heterocycles. The molecule has 0 aromatic heterocycles. The second-order valence-corrected chi connectivity index (χ2v) is 4.71. The first-order valence-corrected chi connectivity index (χ1v) is 6.83. The zero-order chi connectivity index (χ0) is 14.1. The smallest absolute Gasteiger partial charge is 0.320 e. The van der Waals surface area contributed by atoms with Crippen LogP contribution in [0.5, 0.6) is 5.75 Å². The van der Waals surface area contributed by atoms with Gasteiger partial charge in [-0.2, -0.15) is 0 Å². The van der Waals surface area contributed by atoms with Gasteiger partial charge >= 0.3 is 5.97 Å². The molecule has 0 bridgehead atoms. The topological polar surface area (TPSA) is 72.5 Å². The van der Waals surface area contributed by atoms with E-state index in [-0.39, 0.29) is 0 Å². The fraction of sp³-hybridized carbons (Fsp3) is 0.533. The monoisotopic (exact) mass is 265 g/mol. The third-order valence-corrected chi connectivity index (χ3v) is 2.94. The highest BCUT2D eigenvalue weighted by Gasteiger charge is 2.12. The Hall–Kier alpha value is -1.55. The van der Waals surface area contributed by atoms with Crippen LogP contribution in [0.1, 0.15) is 38.2 Å². The number of ether oxygens (including phenoxy) is 1. The summed E-state index contributed by atoms with van der Waals surface area (Å²) < 4.78 is 5.65. The minimum Gasteiger partial charge on any atom is -0.494 e. The quantitative estimate of drug-likeness (QED) is 0.673. The summed E-state index contributed by atoms with van der Waals surface area (Å²) in [6.07, 6.45) is 4.99. The molecule has 0 amide bonds. The predicted octanol–water partition coefficient (Wildman–Crippen LogP) is 2.60. The first-order valence-electron chi connectivity index (χ1n) is 6.83. The SMILES string of the molecule is CCCCCCOc1cccc(C[C@H](N)C(=O)O)c1. The van der Waals surface area contributed by atoms with Crippen molar-refractivity contribution < 1.29 is 14.6 Å². The Bertz CT molecular complexity index is 393. The summed E-state index contributed by atoms with van der Waals surface area (Å²) in [5.41, 5.74) is 6.40. The van der Waals surface area contributed by atoms with Gasteiger partial charge in [0.25, 0.3) is 0 Å². The summed E-state index contributed by atoms with van der Waals surface area (Å²) in [4.78, 5) is 10.7. The maximum absolute atomic E-state index is 10.7. The van der Waals surface area contributed by atoms with Crippen molar-refractivity contribution in [2.75, 3.05) is 6.61 Å². The van der Waals surface area contributed by atoms with Crippen molar-refractivity contribution in [2.45, 2.75) is 45.1 Å². The molecule has 1 atom stereocenters. The molecule has 19 heavy (non-hydrogen) atoms. The van der Waals surface area contributed by atoms with Crippen LogP contribution in [0.3, 0.4) is 0 Å². The standard InChI is InChI=1S/C15H23NO3/c1-2-3-4-5-9-19-13-8-6-7-12(10-13)11-14(16)15(17)18/h6-8,10,14H,2-5,9,11,16H2,1H3,(H,17,18)/t14-/m0/s1. The van der Waals surface area contributed by atoms with Crippen LogP contribution in [0.15, 0.2) is 24.3 Å². The third kappa shape index (κ3) is 6.25. The molecule has 106 valence electrons. The number of benzene rings is 1. The average Bonchev–Trinajstić information content (AvgIpc) is 2.39. The molecule has 3 N–H and O–H groups in total. The maximum atomic E-state index is 10.7. The molecule has 0 unspecified atom stereocenters. The lowest BCUT2D eigenvalue weighted by Gasteiger charge is -2.09. The largest absolute Gasteiger partial charge is 0.494 e. The van der Waals surface area contributed by atoms with Crippen molar-refractivity contribution in [1.82, 2.24) is 0 Å². The van der Waals surface area contributed by atoms with E-state index in [9.17, 15) is 4.79 Å². The van der Waals surface area contributed by atoms with E-state index in [1.807, 2.05) is 24.3 Å². The average molecular weight is 265 g/mol. The number of unbranched alkanes of at least 4 members (excludes halogenated alkanes) is 3. The summed E-state index contributed by atoms with van der Waals surface area (Å²) >= 11 is 0. The second-order valence-electron chi connectivity index (χ2n) is 4.71. The fourth-order valence-corrected chi connectivity index (χ4v) is 1.82. The fourth-order valence-electron chi connectivity index (χ4n) is 1.82. The minimum atomic E-state index is -0.981. The summed E-state index contributed by atoms with van der Waals surface area (Å²) in [6, 6.07) is 6.62.